The van der Waals surface area contributed by atoms with Crippen molar-refractivity contribution in [1.29, 1.82) is 0 Å². The van der Waals surface area contributed by atoms with E-state index < -0.39 is 11.6 Å². The van der Waals surface area contributed by atoms with Gasteiger partial charge < -0.3 is 14.8 Å². The quantitative estimate of drug-likeness (QED) is 0.434. The average molecular weight is 481 g/mol. The van der Waals surface area contributed by atoms with Crippen molar-refractivity contribution in [2.75, 3.05) is 44.2 Å². The molecule has 0 unspecified atom stereocenters. The van der Waals surface area contributed by atoms with Crippen molar-refractivity contribution in [3.8, 4) is 11.3 Å². The zero-order chi connectivity index (χ0) is 24.8. The maximum absolute atomic E-state index is 14.1. The number of halogens is 2. The van der Waals surface area contributed by atoms with Crippen LogP contribution in [0.5, 0.6) is 0 Å². The molecule has 7 heteroatoms. The van der Waals surface area contributed by atoms with Crippen LogP contribution in [0.1, 0.15) is 35.8 Å². The first kappa shape index (κ1) is 24.9. The van der Waals surface area contributed by atoms with Crippen LogP contribution in [0.25, 0.3) is 11.3 Å². The summed E-state index contributed by atoms with van der Waals surface area (Å²) in [5.41, 5.74) is 4.37. The van der Waals surface area contributed by atoms with Crippen molar-refractivity contribution in [2.24, 2.45) is 0 Å². The Labute approximate surface area is 206 Å². The Kier molecular flexibility index (Phi) is 8.18. The number of rotatable bonds is 9. The van der Waals surface area contributed by atoms with Crippen LogP contribution < -0.4 is 10.2 Å². The van der Waals surface area contributed by atoms with E-state index in [0.717, 1.165) is 67.6 Å². The second kappa shape index (κ2) is 11.5. The molecule has 0 bridgehead atoms. The number of carbonyl (C=O) groups excluding carboxylic acids is 1. The lowest BCUT2D eigenvalue weighted by molar-refractivity contribution is 0.0950. The monoisotopic (exact) mass is 480 g/mol. The molecule has 1 fully saturated rings. The number of anilines is 1. The first-order chi connectivity index (χ1) is 17.0. The van der Waals surface area contributed by atoms with Crippen LogP contribution in [-0.2, 0) is 6.54 Å². The highest BCUT2D eigenvalue weighted by Gasteiger charge is 2.20. The van der Waals surface area contributed by atoms with E-state index in [1.54, 1.807) is 0 Å². The fraction of sp³-hybridized carbons (Fsp3) is 0.393. The fourth-order valence-corrected chi connectivity index (χ4v) is 4.78. The van der Waals surface area contributed by atoms with E-state index in [2.05, 4.69) is 33.8 Å². The van der Waals surface area contributed by atoms with Gasteiger partial charge in [0.05, 0.1) is 11.3 Å². The van der Waals surface area contributed by atoms with E-state index in [-0.39, 0.29) is 5.91 Å². The van der Waals surface area contributed by atoms with Gasteiger partial charge in [0.25, 0.3) is 5.91 Å². The van der Waals surface area contributed by atoms with Crippen molar-refractivity contribution in [3.05, 3.63) is 77.5 Å². The highest BCUT2D eigenvalue weighted by molar-refractivity contribution is 5.97. The first-order valence-corrected chi connectivity index (χ1v) is 12.4. The molecule has 1 amide bonds. The fourth-order valence-electron chi connectivity index (χ4n) is 4.78. The molecule has 1 N–H and O–H groups in total. The zero-order valence-corrected chi connectivity index (χ0v) is 20.6. The molecule has 0 saturated carbocycles. The Hall–Kier alpha value is -3.19. The minimum absolute atomic E-state index is 0.0360. The summed E-state index contributed by atoms with van der Waals surface area (Å²) in [6, 6.07) is 15.9. The van der Waals surface area contributed by atoms with Gasteiger partial charge in [0.2, 0.25) is 0 Å². The lowest BCUT2D eigenvalue weighted by Crippen LogP contribution is -2.47. The highest BCUT2D eigenvalue weighted by atomic mass is 19.1. The molecule has 186 valence electrons. The Balaban J connectivity index is 1.27. The summed E-state index contributed by atoms with van der Waals surface area (Å²) in [5.74, 6) is -1.11. The Bertz CT molecular complexity index is 1140. The van der Waals surface area contributed by atoms with Crippen LogP contribution >= 0.6 is 0 Å². The Morgan fingerprint density at radius 3 is 2.40 bits per heavy atom. The number of carbonyl (C=O) groups is 1. The molecule has 35 heavy (non-hydrogen) atoms. The van der Waals surface area contributed by atoms with Gasteiger partial charge in [-0.1, -0.05) is 37.3 Å². The van der Waals surface area contributed by atoms with Crippen LogP contribution in [0.15, 0.2) is 54.6 Å². The van der Waals surface area contributed by atoms with Gasteiger partial charge in [-0.05, 0) is 50.1 Å². The Morgan fingerprint density at radius 2 is 1.71 bits per heavy atom. The number of amides is 1. The number of hydrogen-bond donors (Lipinski definition) is 1. The lowest BCUT2D eigenvalue weighted by atomic mass is 10.1. The second-order valence-corrected chi connectivity index (χ2v) is 9.08. The second-order valence-electron chi connectivity index (χ2n) is 9.08. The largest absolute Gasteiger partial charge is 0.367 e. The Morgan fingerprint density at radius 1 is 0.971 bits per heavy atom. The van der Waals surface area contributed by atoms with Gasteiger partial charge >= 0.3 is 0 Å². The number of hydrogen-bond acceptors (Lipinski definition) is 3. The van der Waals surface area contributed by atoms with Crippen molar-refractivity contribution < 1.29 is 13.6 Å². The van der Waals surface area contributed by atoms with Crippen LogP contribution in [-0.4, -0.2) is 54.6 Å². The third-order valence-electron chi connectivity index (χ3n) is 6.69. The molecule has 3 aromatic rings. The smallest absolute Gasteiger partial charge is 0.253 e. The SMILES string of the molecule is CCCn1c(-c2ccccc2)cc(C(=O)NCCCN2CCN(c3ccc(F)cc3F)CC2)c1C. The minimum Gasteiger partial charge on any atom is -0.367 e. The summed E-state index contributed by atoms with van der Waals surface area (Å²) in [7, 11) is 0. The lowest BCUT2D eigenvalue weighted by Gasteiger charge is -2.36. The molecule has 4 rings (SSSR count). The molecule has 0 radical (unpaired) electrons. The van der Waals surface area contributed by atoms with E-state index in [1.165, 1.54) is 12.1 Å². The molecule has 1 aliphatic rings. The van der Waals surface area contributed by atoms with Gasteiger partial charge in [-0.2, -0.15) is 0 Å². The van der Waals surface area contributed by atoms with E-state index in [1.807, 2.05) is 36.1 Å². The van der Waals surface area contributed by atoms with Crippen molar-refractivity contribution >= 4 is 11.6 Å². The van der Waals surface area contributed by atoms with Gasteiger partial charge in [0, 0.05) is 56.7 Å². The van der Waals surface area contributed by atoms with Crippen LogP contribution in [0.4, 0.5) is 14.5 Å². The molecule has 5 nitrogen and oxygen atoms in total. The molecule has 1 aliphatic heterocycles. The topological polar surface area (TPSA) is 40.5 Å². The van der Waals surface area contributed by atoms with Gasteiger partial charge in [-0.25, -0.2) is 8.78 Å². The standard InChI is InChI=1S/C28H34F2N4O/c1-3-13-34-21(2)24(20-27(34)22-8-5-4-6-9-22)28(35)31-12-7-14-32-15-17-33(18-16-32)26-11-10-23(29)19-25(26)30/h4-6,8-11,19-20H,3,7,12-18H2,1-2H3,(H,31,35). The van der Waals surface area contributed by atoms with E-state index in [9.17, 15) is 13.6 Å². The third kappa shape index (κ3) is 5.90. The van der Waals surface area contributed by atoms with Crippen molar-refractivity contribution in [2.45, 2.75) is 33.2 Å². The molecule has 0 aliphatic carbocycles. The summed E-state index contributed by atoms with van der Waals surface area (Å²) < 4.78 is 29.5. The van der Waals surface area contributed by atoms with Crippen LogP contribution in [0.2, 0.25) is 0 Å². The molecule has 2 aromatic carbocycles. The normalized spacial score (nSPS) is 14.3. The predicted octanol–water partition coefficient (Wildman–Crippen LogP) is 5.09. The molecule has 0 atom stereocenters. The van der Waals surface area contributed by atoms with Gasteiger partial charge in [0.15, 0.2) is 0 Å². The molecule has 2 heterocycles. The van der Waals surface area contributed by atoms with Gasteiger partial charge in [0.1, 0.15) is 11.6 Å². The van der Waals surface area contributed by atoms with Crippen molar-refractivity contribution in [3.63, 3.8) is 0 Å². The molecule has 0 spiro atoms. The van der Waals surface area contributed by atoms with Crippen LogP contribution in [0.3, 0.4) is 0 Å². The maximum atomic E-state index is 14.1. The summed E-state index contributed by atoms with van der Waals surface area (Å²) in [6.07, 6.45) is 1.84. The van der Waals surface area contributed by atoms with E-state index >= 15 is 0 Å². The molecule has 1 aromatic heterocycles. The highest BCUT2D eigenvalue weighted by Crippen LogP contribution is 2.26. The maximum Gasteiger partial charge on any atom is 0.253 e. The van der Waals surface area contributed by atoms with Crippen LogP contribution in [0, 0.1) is 18.6 Å². The number of nitrogens with zero attached hydrogens (tertiary/aromatic N) is 3. The summed E-state index contributed by atoms with van der Waals surface area (Å²) in [6.45, 7) is 9.51. The van der Waals surface area contributed by atoms with Gasteiger partial charge in [-0.15, -0.1) is 0 Å². The number of nitrogens with one attached hydrogen (secondary N) is 1. The summed E-state index contributed by atoms with van der Waals surface area (Å²) in [5, 5.41) is 3.09. The number of aromatic nitrogens is 1. The first-order valence-electron chi connectivity index (χ1n) is 12.4. The summed E-state index contributed by atoms with van der Waals surface area (Å²) >= 11 is 0. The van der Waals surface area contributed by atoms with Gasteiger partial charge in [-0.3, -0.25) is 9.69 Å². The molecular weight excluding hydrogens is 446 g/mol. The minimum atomic E-state index is -0.555. The third-order valence-corrected chi connectivity index (χ3v) is 6.69. The number of benzene rings is 2. The summed E-state index contributed by atoms with van der Waals surface area (Å²) in [4.78, 5) is 17.2. The zero-order valence-electron chi connectivity index (χ0n) is 20.6. The predicted molar refractivity (Wildman–Crippen MR) is 137 cm³/mol. The number of piperazine rings is 1. The van der Waals surface area contributed by atoms with E-state index in [4.69, 9.17) is 0 Å². The molecule has 1 saturated heterocycles. The molecular formula is C28H34F2N4O. The average Bonchev–Trinajstić information content (AvgIpc) is 3.19. The van der Waals surface area contributed by atoms with Crippen molar-refractivity contribution in [1.82, 2.24) is 14.8 Å². The van der Waals surface area contributed by atoms with E-state index in [0.29, 0.717) is 25.3 Å².